The van der Waals surface area contributed by atoms with E-state index >= 15 is 0 Å². The minimum absolute atomic E-state index is 0.0711. The number of allylic oxidation sites excluding steroid dienone is 10. The molecule has 0 bridgehead atoms. The standard InChI is InChI=1S/C72H130O6/c1-4-7-10-13-16-19-22-25-27-28-29-30-31-32-33-34-35-36-37-38-39-40-41-42-43-44-46-47-50-53-56-59-62-65-71(74)77-68-69(67-76-70(73)64-61-58-55-52-49-24-21-18-15-12-9-6-3)78-72(75)66-63-60-57-54-51-48-45-26-23-20-17-14-11-8-5-2/h7,10,16,19,25-27,29-30,45,69H,4-6,8-9,11-15,17-18,20-24,28,31-44,46-68H2,1-3H3/b10-7-,19-16-,27-25-,30-29-,45-26-. The lowest BCUT2D eigenvalue weighted by Crippen LogP contribution is -2.30. The smallest absolute Gasteiger partial charge is 0.306 e. The summed E-state index contributed by atoms with van der Waals surface area (Å²) >= 11 is 0. The van der Waals surface area contributed by atoms with E-state index in [2.05, 4.69) is 81.5 Å². The van der Waals surface area contributed by atoms with Crippen molar-refractivity contribution >= 4 is 17.9 Å². The van der Waals surface area contributed by atoms with E-state index in [0.29, 0.717) is 19.3 Å². The first-order valence-corrected chi connectivity index (χ1v) is 34.3. The first-order chi connectivity index (χ1) is 38.5. The molecule has 0 saturated heterocycles. The summed E-state index contributed by atoms with van der Waals surface area (Å²) in [5, 5.41) is 0. The van der Waals surface area contributed by atoms with Crippen molar-refractivity contribution in [2.45, 2.75) is 367 Å². The lowest BCUT2D eigenvalue weighted by atomic mass is 10.0. The molecule has 454 valence electrons. The number of carbonyl (C=O) groups is 3. The molecule has 0 rings (SSSR count). The fraction of sp³-hybridized carbons (Fsp3) is 0.819. The molecule has 0 aromatic rings. The van der Waals surface area contributed by atoms with Crippen molar-refractivity contribution in [2.75, 3.05) is 13.2 Å². The van der Waals surface area contributed by atoms with E-state index < -0.39 is 6.10 Å². The van der Waals surface area contributed by atoms with Crippen molar-refractivity contribution in [3.63, 3.8) is 0 Å². The Kier molecular flexibility index (Phi) is 64.2. The zero-order valence-corrected chi connectivity index (χ0v) is 52.2. The predicted molar refractivity (Wildman–Crippen MR) is 339 cm³/mol. The van der Waals surface area contributed by atoms with Crippen LogP contribution in [-0.2, 0) is 28.6 Å². The quantitative estimate of drug-likeness (QED) is 0.0261. The molecule has 0 saturated carbocycles. The molecule has 1 unspecified atom stereocenters. The van der Waals surface area contributed by atoms with E-state index in [9.17, 15) is 14.4 Å². The second-order valence-electron chi connectivity index (χ2n) is 23.1. The van der Waals surface area contributed by atoms with Crippen molar-refractivity contribution in [3.05, 3.63) is 60.8 Å². The number of carbonyl (C=O) groups excluding carboxylic acids is 3. The van der Waals surface area contributed by atoms with Crippen molar-refractivity contribution < 1.29 is 28.6 Å². The van der Waals surface area contributed by atoms with Gasteiger partial charge in [0, 0.05) is 19.3 Å². The number of esters is 3. The minimum Gasteiger partial charge on any atom is -0.462 e. The Balaban J connectivity index is 4.09. The molecule has 0 heterocycles. The SMILES string of the molecule is CC/C=C\C/C=C\C/C=C\C/C=C\CCCCCCCCCCCCCCCCCCCCCCC(=O)OCC(COC(=O)CCCCCCCCCCCCCC)OC(=O)CCCCCCC/C=C\CCCCCCCC. The maximum Gasteiger partial charge on any atom is 0.306 e. The fourth-order valence-electron chi connectivity index (χ4n) is 10.1. The van der Waals surface area contributed by atoms with Gasteiger partial charge in [-0.05, 0) is 83.5 Å². The Morgan fingerprint density at radius 1 is 0.269 bits per heavy atom. The van der Waals surface area contributed by atoms with Gasteiger partial charge in [0.15, 0.2) is 6.10 Å². The molecule has 0 radical (unpaired) electrons. The van der Waals surface area contributed by atoms with E-state index in [1.165, 1.54) is 231 Å². The molecular weight excluding hydrogens is 961 g/mol. The highest BCUT2D eigenvalue weighted by molar-refractivity contribution is 5.71. The zero-order valence-electron chi connectivity index (χ0n) is 52.2. The van der Waals surface area contributed by atoms with Gasteiger partial charge in [-0.2, -0.15) is 0 Å². The Bertz CT molecular complexity index is 1390. The summed E-state index contributed by atoms with van der Waals surface area (Å²) in [6.07, 6.45) is 85.4. The van der Waals surface area contributed by atoms with Gasteiger partial charge in [-0.25, -0.2) is 0 Å². The van der Waals surface area contributed by atoms with Crippen LogP contribution in [-0.4, -0.2) is 37.2 Å². The van der Waals surface area contributed by atoms with Gasteiger partial charge in [0.2, 0.25) is 0 Å². The van der Waals surface area contributed by atoms with Crippen LogP contribution >= 0.6 is 0 Å². The van der Waals surface area contributed by atoms with Crippen LogP contribution in [0.3, 0.4) is 0 Å². The van der Waals surface area contributed by atoms with Gasteiger partial charge in [-0.15, -0.1) is 0 Å². The average Bonchev–Trinajstić information content (AvgIpc) is 3.44. The van der Waals surface area contributed by atoms with Gasteiger partial charge in [0.05, 0.1) is 0 Å². The normalized spacial score (nSPS) is 12.4. The summed E-state index contributed by atoms with van der Waals surface area (Å²) in [6.45, 7) is 6.56. The highest BCUT2D eigenvalue weighted by Crippen LogP contribution is 2.18. The monoisotopic (exact) mass is 1090 g/mol. The third-order valence-electron chi connectivity index (χ3n) is 15.3. The van der Waals surface area contributed by atoms with Crippen molar-refractivity contribution in [2.24, 2.45) is 0 Å². The number of hydrogen-bond acceptors (Lipinski definition) is 6. The first kappa shape index (κ1) is 75.1. The fourth-order valence-corrected chi connectivity index (χ4v) is 10.1. The highest BCUT2D eigenvalue weighted by atomic mass is 16.6. The second kappa shape index (κ2) is 66.6. The molecule has 1 atom stereocenters. The molecule has 0 spiro atoms. The molecule has 0 amide bonds. The lowest BCUT2D eigenvalue weighted by molar-refractivity contribution is -0.167. The summed E-state index contributed by atoms with van der Waals surface area (Å²) in [4.78, 5) is 38.3. The van der Waals surface area contributed by atoms with Crippen LogP contribution in [0.15, 0.2) is 60.8 Å². The van der Waals surface area contributed by atoms with E-state index in [4.69, 9.17) is 14.2 Å². The molecule has 0 aromatic carbocycles. The Morgan fingerprint density at radius 3 is 0.795 bits per heavy atom. The van der Waals surface area contributed by atoms with E-state index in [-0.39, 0.29) is 31.1 Å². The molecule has 0 N–H and O–H groups in total. The molecule has 0 aliphatic heterocycles. The van der Waals surface area contributed by atoms with Gasteiger partial charge in [0.1, 0.15) is 13.2 Å². The van der Waals surface area contributed by atoms with Gasteiger partial charge < -0.3 is 14.2 Å². The summed E-state index contributed by atoms with van der Waals surface area (Å²) in [7, 11) is 0. The van der Waals surface area contributed by atoms with Crippen LogP contribution in [0.5, 0.6) is 0 Å². The molecule has 78 heavy (non-hydrogen) atoms. The Hall–Kier alpha value is -2.89. The summed E-state index contributed by atoms with van der Waals surface area (Å²) < 4.78 is 16.9. The average molecular weight is 1090 g/mol. The third kappa shape index (κ3) is 63.9. The molecule has 0 aliphatic rings. The second-order valence-corrected chi connectivity index (χ2v) is 23.1. The first-order valence-electron chi connectivity index (χ1n) is 34.3. The topological polar surface area (TPSA) is 78.9 Å². The maximum atomic E-state index is 12.9. The predicted octanol–water partition coefficient (Wildman–Crippen LogP) is 23.5. The van der Waals surface area contributed by atoms with Crippen LogP contribution in [0.25, 0.3) is 0 Å². The van der Waals surface area contributed by atoms with Crippen LogP contribution in [0.2, 0.25) is 0 Å². The van der Waals surface area contributed by atoms with Crippen LogP contribution in [0.4, 0.5) is 0 Å². The molecule has 0 aromatic heterocycles. The van der Waals surface area contributed by atoms with Crippen LogP contribution in [0.1, 0.15) is 361 Å². The van der Waals surface area contributed by atoms with E-state index in [0.717, 1.165) is 89.9 Å². The largest absolute Gasteiger partial charge is 0.462 e. The molecule has 6 nitrogen and oxygen atoms in total. The number of hydrogen-bond donors (Lipinski definition) is 0. The van der Waals surface area contributed by atoms with E-state index in [1.54, 1.807) is 0 Å². The molecular formula is C72H130O6. The Labute approximate surface area is 485 Å². The number of ether oxygens (including phenoxy) is 3. The van der Waals surface area contributed by atoms with Crippen molar-refractivity contribution in [1.82, 2.24) is 0 Å². The van der Waals surface area contributed by atoms with Gasteiger partial charge in [-0.3, -0.25) is 14.4 Å². The minimum atomic E-state index is -0.774. The third-order valence-corrected chi connectivity index (χ3v) is 15.3. The van der Waals surface area contributed by atoms with Crippen molar-refractivity contribution in [1.29, 1.82) is 0 Å². The van der Waals surface area contributed by atoms with Crippen LogP contribution in [0, 0.1) is 0 Å². The molecule has 6 heteroatoms. The zero-order chi connectivity index (χ0) is 56.4. The summed E-state index contributed by atoms with van der Waals surface area (Å²) in [6, 6.07) is 0. The van der Waals surface area contributed by atoms with Gasteiger partial charge in [-0.1, -0.05) is 319 Å². The summed E-state index contributed by atoms with van der Waals surface area (Å²) in [5.41, 5.74) is 0. The Morgan fingerprint density at radius 2 is 0.500 bits per heavy atom. The molecule has 0 aliphatic carbocycles. The number of rotatable bonds is 63. The van der Waals surface area contributed by atoms with Crippen LogP contribution < -0.4 is 0 Å². The highest BCUT2D eigenvalue weighted by Gasteiger charge is 2.19. The molecule has 0 fully saturated rings. The van der Waals surface area contributed by atoms with Gasteiger partial charge in [0.25, 0.3) is 0 Å². The summed E-state index contributed by atoms with van der Waals surface area (Å²) in [5.74, 6) is -0.857. The number of unbranched alkanes of at least 4 members (excludes halogenated alkanes) is 42. The van der Waals surface area contributed by atoms with E-state index in [1.807, 2.05) is 0 Å². The lowest BCUT2D eigenvalue weighted by Gasteiger charge is -2.18. The van der Waals surface area contributed by atoms with Gasteiger partial charge >= 0.3 is 17.9 Å². The maximum absolute atomic E-state index is 12.9. The van der Waals surface area contributed by atoms with Crippen molar-refractivity contribution in [3.8, 4) is 0 Å².